The highest BCUT2D eigenvalue weighted by Crippen LogP contribution is 2.22. The topological polar surface area (TPSA) is 54.9 Å². The predicted octanol–water partition coefficient (Wildman–Crippen LogP) is 1.42. The van der Waals surface area contributed by atoms with Gasteiger partial charge >= 0.3 is 0 Å². The van der Waals surface area contributed by atoms with Crippen LogP contribution in [0.5, 0.6) is 0 Å². The van der Waals surface area contributed by atoms with E-state index in [-0.39, 0.29) is 5.91 Å². The van der Waals surface area contributed by atoms with Crippen molar-refractivity contribution >= 4 is 11.7 Å². The highest BCUT2D eigenvalue weighted by Gasteiger charge is 2.26. The highest BCUT2D eigenvalue weighted by molar-refractivity contribution is 5.98. The molecule has 2 aliphatic heterocycles. The Morgan fingerprint density at radius 2 is 2.17 bits per heavy atom. The molecule has 126 valence electrons. The molecule has 2 fully saturated rings. The molecule has 3 rings (SSSR count). The second-order valence-electron chi connectivity index (χ2n) is 6.05. The van der Waals surface area contributed by atoms with Crippen molar-refractivity contribution in [3.05, 3.63) is 23.9 Å². The molecule has 1 atom stereocenters. The van der Waals surface area contributed by atoms with Crippen LogP contribution < -0.4 is 4.90 Å². The third-order valence-corrected chi connectivity index (χ3v) is 4.50. The van der Waals surface area contributed by atoms with E-state index in [1.54, 1.807) is 6.20 Å². The van der Waals surface area contributed by atoms with E-state index in [0.717, 1.165) is 45.1 Å². The molecule has 0 N–H and O–H groups in total. The Morgan fingerprint density at radius 3 is 2.87 bits per heavy atom. The maximum Gasteiger partial charge on any atom is 0.257 e. The quantitative estimate of drug-likeness (QED) is 0.821. The zero-order chi connectivity index (χ0) is 16.1. The smallest absolute Gasteiger partial charge is 0.257 e. The lowest BCUT2D eigenvalue weighted by Crippen LogP contribution is -2.40. The van der Waals surface area contributed by atoms with Crippen molar-refractivity contribution in [2.75, 3.05) is 57.5 Å². The van der Waals surface area contributed by atoms with Crippen molar-refractivity contribution in [3.8, 4) is 0 Å². The van der Waals surface area contributed by atoms with Crippen LogP contribution in [0, 0.1) is 5.92 Å². The Balaban J connectivity index is 1.77. The van der Waals surface area contributed by atoms with Gasteiger partial charge in [0.25, 0.3) is 5.91 Å². The number of hydrogen-bond acceptors (Lipinski definition) is 5. The molecule has 2 aliphatic rings. The Hall–Kier alpha value is -1.66. The third-order valence-electron chi connectivity index (χ3n) is 4.50. The van der Waals surface area contributed by atoms with Crippen molar-refractivity contribution in [2.24, 2.45) is 5.92 Å². The summed E-state index contributed by atoms with van der Waals surface area (Å²) in [5.41, 5.74) is 0.690. The number of rotatable bonds is 5. The van der Waals surface area contributed by atoms with Gasteiger partial charge in [0.2, 0.25) is 0 Å². The SMILES string of the molecule is CCN(C[C@@H]1CCOC1)C(=O)c1cccnc1N1CCOCC1. The highest BCUT2D eigenvalue weighted by atomic mass is 16.5. The summed E-state index contributed by atoms with van der Waals surface area (Å²) in [7, 11) is 0. The summed E-state index contributed by atoms with van der Waals surface area (Å²) >= 11 is 0. The fourth-order valence-corrected chi connectivity index (χ4v) is 3.16. The van der Waals surface area contributed by atoms with Gasteiger partial charge in [0, 0.05) is 44.9 Å². The molecular formula is C17H25N3O3. The molecule has 0 unspecified atom stereocenters. The molecule has 1 aromatic rings. The number of pyridine rings is 1. The van der Waals surface area contributed by atoms with Gasteiger partial charge in [-0.2, -0.15) is 0 Å². The van der Waals surface area contributed by atoms with Crippen LogP contribution in [0.4, 0.5) is 5.82 Å². The summed E-state index contributed by atoms with van der Waals surface area (Å²) < 4.78 is 10.8. The first kappa shape index (κ1) is 16.2. The number of nitrogens with zero attached hydrogens (tertiary/aromatic N) is 3. The van der Waals surface area contributed by atoms with E-state index < -0.39 is 0 Å². The minimum absolute atomic E-state index is 0.0639. The molecule has 0 bridgehead atoms. The lowest BCUT2D eigenvalue weighted by molar-refractivity contribution is 0.0729. The van der Waals surface area contributed by atoms with Crippen LogP contribution in [0.2, 0.25) is 0 Å². The minimum Gasteiger partial charge on any atom is -0.381 e. The molecule has 0 aromatic carbocycles. The fourth-order valence-electron chi connectivity index (χ4n) is 3.16. The van der Waals surface area contributed by atoms with Crippen molar-refractivity contribution in [1.29, 1.82) is 0 Å². The molecular weight excluding hydrogens is 294 g/mol. The summed E-state index contributed by atoms with van der Waals surface area (Å²) in [4.78, 5) is 21.5. The molecule has 0 spiro atoms. The zero-order valence-corrected chi connectivity index (χ0v) is 13.7. The predicted molar refractivity (Wildman–Crippen MR) is 87.8 cm³/mol. The van der Waals surface area contributed by atoms with Crippen LogP contribution in [0.25, 0.3) is 0 Å². The normalized spacial score (nSPS) is 21.4. The van der Waals surface area contributed by atoms with Crippen molar-refractivity contribution in [3.63, 3.8) is 0 Å². The summed E-state index contributed by atoms with van der Waals surface area (Å²) in [6, 6.07) is 3.72. The van der Waals surface area contributed by atoms with Crippen LogP contribution >= 0.6 is 0 Å². The molecule has 3 heterocycles. The first-order valence-electron chi connectivity index (χ1n) is 8.44. The van der Waals surface area contributed by atoms with Gasteiger partial charge in [-0.3, -0.25) is 4.79 Å². The van der Waals surface area contributed by atoms with Gasteiger partial charge < -0.3 is 19.3 Å². The maximum absolute atomic E-state index is 13.0. The molecule has 0 radical (unpaired) electrons. The van der Waals surface area contributed by atoms with E-state index in [9.17, 15) is 4.79 Å². The lowest BCUT2D eigenvalue weighted by atomic mass is 10.1. The monoisotopic (exact) mass is 319 g/mol. The van der Waals surface area contributed by atoms with Crippen LogP contribution in [0.15, 0.2) is 18.3 Å². The largest absolute Gasteiger partial charge is 0.381 e. The number of amides is 1. The number of anilines is 1. The standard InChI is InChI=1S/C17H25N3O3/c1-2-19(12-14-5-9-23-13-14)17(21)15-4-3-6-18-16(15)20-7-10-22-11-8-20/h3-4,6,14H,2,5,7-13H2,1H3/t14-/m0/s1. The number of hydrogen-bond donors (Lipinski definition) is 0. The van der Waals surface area contributed by atoms with E-state index in [1.807, 2.05) is 24.0 Å². The molecule has 1 amide bonds. The number of carbonyl (C=O) groups excluding carboxylic acids is 1. The second-order valence-corrected chi connectivity index (χ2v) is 6.05. The summed E-state index contributed by atoms with van der Waals surface area (Å²) in [6.07, 6.45) is 2.79. The summed E-state index contributed by atoms with van der Waals surface area (Å²) in [5.74, 6) is 1.29. The first-order chi connectivity index (χ1) is 11.3. The van der Waals surface area contributed by atoms with Gasteiger partial charge in [-0.15, -0.1) is 0 Å². The van der Waals surface area contributed by atoms with E-state index in [2.05, 4.69) is 9.88 Å². The minimum atomic E-state index is 0.0639. The van der Waals surface area contributed by atoms with Gasteiger partial charge in [-0.1, -0.05) is 0 Å². The number of ether oxygens (including phenoxy) is 2. The molecule has 0 saturated carbocycles. The Bertz CT molecular complexity index is 526. The number of morpholine rings is 1. The molecule has 6 nitrogen and oxygen atoms in total. The van der Waals surface area contributed by atoms with Gasteiger partial charge in [-0.05, 0) is 25.5 Å². The molecule has 6 heteroatoms. The summed E-state index contributed by atoms with van der Waals surface area (Å²) in [5, 5.41) is 0. The van der Waals surface area contributed by atoms with Crippen molar-refractivity contribution in [2.45, 2.75) is 13.3 Å². The maximum atomic E-state index is 13.0. The van der Waals surface area contributed by atoms with Gasteiger partial charge in [0.15, 0.2) is 0 Å². The van der Waals surface area contributed by atoms with Crippen LogP contribution in [-0.4, -0.2) is 68.4 Å². The summed E-state index contributed by atoms with van der Waals surface area (Å²) in [6.45, 7) is 7.97. The molecule has 2 saturated heterocycles. The van der Waals surface area contributed by atoms with E-state index in [0.29, 0.717) is 31.2 Å². The second kappa shape index (κ2) is 7.75. The molecule has 23 heavy (non-hydrogen) atoms. The Morgan fingerprint density at radius 1 is 1.35 bits per heavy atom. The van der Waals surface area contributed by atoms with Gasteiger partial charge in [0.1, 0.15) is 5.82 Å². The van der Waals surface area contributed by atoms with E-state index >= 15 is 0 Å². The van der Waals surface area contributed by atoms with E-state index in [4.69, 9.17) is 9.47 Å². The molecule has 0 aliphatic carbocycles. The molecule has 1 aromatic heterocycles. The van der Waals surface area contributed by atoms with Gasteiger partial charge in [-0.25, -0.2) is 4.98 Å². The van der Waals surface area contributed by atoms with Crippen molar-refractivity contribution in [1.82, 2.24) is 9.88 Å². The Kier molecular flexibility index (Phi) is 5.46. The lowest BCUT2D eigenvalue weighted by Gasteiger charge is -2.30. The first-order valence-corrected chi connectivity index (χ1v) is 8.44. The van der Waals surface area contributed by atoms with Crippen LogP contribution in [0.1, 0.15) is 23.7 Å². The Labute approximate surface area is 137 Å². The fraction of sp³-hybridized carbons (Fsp3) is 0.647. The van der Waals surface area contributed by atoms with E-state index in [1.165, 1.54) is 0 Å². The third kappa shape index (κ3) is 3.82. The number of aromatic nitrogens is 1. The number of carbonyl (C=O) groups is 1. The van der Waals surface area contributed by atoms with Crippen molar-refractivity contribution < 1.29 is 14.3 Å². The van der Waals surface area contributed by atoms with Crippen LogP contribution in [0.3, 0.4) is 0 Å². The van der Waals surface area contributed by atoms with Crippen LogP contribution in [-0.2, 0) is 9.47 Å². The average molecular weight is 319 g/mol. The van der Waals surface area contributed by atoms with Gasteiger partial charge in [0.05, 0.1) is 25.4 Å². The average Bonchev–Trinajstić information content (AvgIpc) is 3.13. The zero-order valence-electron chi connectivity index (χ0n) is 13.7.